The van der Waals surface area contributed by atoms with Crippen molar-refractivity contribution < 1.29 is 23.1 Å². The molecule has 1 saturated carbocycles. The van der Waals surface area contributed by atoms with Gasteiger partial charge in [0.25, 0.3) is 0 Å². The van der Waals surface area contributed by atoms with Crippen molar-refractivity contribution in [1.29, 1.82) is 0 Å². The molecule has 0 aromatic carbocycles. The van der Waals surface area contributed by atoms with Crippen molar-refractivity contribution in [3.63, 3.8) is 0 Å². The van der Waals surface area contributed by atoms with E-state index >= 15 is 0 Å². The van der Waals surface area contributed by atoms with E-state index in [0.29, 0.717) is 0 Å². The van der Waals surface area contributed by atoms with Gasteiger partial charge in [-0.25, -0.2) is 13.2 Å². The Balaban J connectivity index is 2.02. The number of carboxylic acid groups (broad SMARTS) is 1. The number of sulfone groups is 1. The van der Waals surface area contributed by atoms with E-state index in [9.17, 15) is 18.0 Å². The van der Waals surface area contributed by atoms with Gasteiger partial charge in [0.05, 0.1) is 17.9 Å². The third-order valence-electron chi connectivity index (χ3n) is 3.72. The smallest absolute Gasteiger partial charge is 0.320 e. The molecule has 0 aromatic rings. The van der Waals surface area contributed by atoms with Gasteiger partial charge in [-0.1, -0.05) is 0 Å². The lowest BCUT2D eigenvalue weighted by atomic mass is 10.3. The Labute approximate surface area is 118 Å². The van der Waals surface area contributed by atoms with Crippen LogP contribution in [-0.4, -0.2) is 72.0 Å². The minimum absolute atomic E-state index is 0.0134. The number of nitrogens with zero attached hydrogens (tertiary/aromatic N) is 2. The van der Waals surface area contributed by atoms with Gasteiger partial charge in [-0.15, -0.1) is 0 Å². The Hall–Kier alpha value is -1.31. The van der Waals surface area contributed by atoms with Crippen molar-refractivity contribution >= 4 is 21.8 Å². The van der Waals surface area contributed by atoms with Gasteiger partial charge >= 0.3 is 12.0 Å². The lowest BCUT2D eigenvalue weighted by Crippen LogP contribution is -2.55. The van der Waals surface area contributed by atoms with E-state index in [0.717, 1.165) is 12.8 Å². The monoisotopic (exact) mass is 304 g/mol. The van der Waals surface area contributed by atoms with Crippen LogP contribution in [0.1, 0.15) is 26.2 Å². The molecule has 1 saturated heterocycles. The molecule has 0 radical (unpaired) electrons. The summed E-state index contributed by atoms with van der Waals surface area (Å²) in [5, 5.41) is 8.75. The zero-order chi connectivity index (χ0) is 14.9. The first-order valence-corrected chi connectivity index (χ1v) is 8.62. The van der Waals surface area contributed by atoms with Crippen LogP contribution in [0.3, 0.4) is 0 Å². The summed E-state index contributed by atoms with van der Waals surface area (Å²) >= 11 is 0. The van der Waals surface area contributed by atoms with E-state index < -0.39 is 15.8 Å². The maximum absolute atomic E-state index is 12.5. The highest BCUT2D eigenvalue weighted by Crippen LogP contribution is 2.29. The Bertz CT molecular complexity index is 500. The highest BCUT2D eigenvalue weighted by Gasteiger charge is 2.39. The predicted molar refractivity (Wildman–Crippen MR) is 72.2 cm³/mol. The molecule has 0 aromatic heterocycles. The Kier molecular flexibility index (Phi) is 4.22. The summed E-state index contributed by atoms with van der Waals surface area (Å²) in [5.74, 6) is -0.964. The maximum Gasteiger partial charge on any atom is 0.320 e. The minimum atomic E-state index is -3.06. The zero-order valence-electron chi connectivity index (χ0n) is 11.5. The predicted octanol–water partition coefficient (Wildman–Crippen LogP) is 0.164. The van der Waals surface area contributed by atoms with Gasteiger partial charge in [0, 0.05) is 25.2 Å². The van der Waals surface area contributed by atoms with E-state index in [1.165, 1.54) is 0 Å². The van der Waals surface area contributed by atoms with Gasteiger partial charge in [0.1, 0.15) is 0 Å². The second kappa shape index (κ2) is 5.59. The highest BCUT2D eigenvalue weighted by atomic mass is 32.2. The van der Waals surface area contributed by atoms with Crippen molar-refractivity contribution in [2.75, 3.05) is 24.6 Å². The molecule has 114 valence electrons. The van der Waals surface area contributed by atoms with Gasteiger partial charge in [0.15, 0.2) is 9.84 Å². The number of carbonyl (C=O) groups excluding carboxylic acids is 1. The maximum atomic E-state index is 12.5. The largest absolute Gasteiger partial charge is 0.481 e. The van der Waals surface area contributed by atoms with E-state index in [-0.39, 0.29) is 49.1 Å². The molecule has 20 heavy (non-hydrogen) atoms. The second-order valence-electron chi connectivity index (χ2n) is 5.51. The number of rotatable bonds is 4. The molecule has 2 aliphatic rings. The molecule has 2 amide bonds. The van der Waals surface area contributed by atoms with Crippen LogP contribution in [0, 0.1) is 0 Å². The first-order chi connectivity index (χ1) is 9.30. The number of amides is 2. The Morgan fingerprint density at radius 2 is 2.00 bits per heavy atom. The van der Waals surface area contributed by atoms with Gasteiger partial charge < -0.3 is 14.9 Å². The first kappa shape index (κ1) is 15.1. The molecular weight excluding hydrogens is 284 g/mol. The average molecular weight is 304 g/mol. The summed E-state index contributed by atoms with van der Waals surface area (Å²) in [6, 6.07) is -0.462. The third kappa shape index (κ3) is 3.62. The van der Waals surface area contributed by atoms with Gasteiger partial charge in [0.2, 0.25) is 0 Å². The van der Waals surface area contributed by atoms with Crippen LogP contribution < -0.4 is 0 Å². The van der Waals surface area contributed by atoms with Crippen molar-refractivity contribution in [3.05, 3.63) is 0 Å². The Morgan fingerprint density at radius 3 is 2.50 bits per heavy atom. The summed E-state index contributed by atoms with van der Waals surface area (Å²) in [5.41, 5.74) is 0. The lowest BCUT2D eigenvalue weighted by Gasteiger charge is -2.37. The molecule has 2 fully saturated rings. The van der Waals surface area contributed by atoms with Gasteiger partial charge in [-0.3, -0.25) is 4.79 Å². The van der Waals surface area contributed by atoms with Crippen molar-refractivity contribution in [2.24, 2.45) is 0 Å². The molecule has 2 rings (SSSR count). The molecule has 8 heteroatoms. The van der Waals surface area contributed by atoms with Crippen LogP contribution in [0.5, 0.6) is 0 Å². The first-order valence-electron chi connectivity index (χ1n) is 6.79. The molecular formula is C12H20N2O5S. The molecule has 1 atom stereocenters. The summed E-state index contributed by atoms with van der Waals surface area (Å²) < 4.78 is 23.1. The summed E-state index contributed by atoms with van der Waals surface area (Å²) in [7, 11) is -3.06. The van der Waals surface area contributed by atoms with E-state index in [1.54, 1.807) is 16.7 Å². The van der Waals surface area contributed by atoms with E-state index in [4.69, 9.17) is 5.11 Å². The molecule has 1 N–H and O–H groups in total. The molecule has 0 spiro atoms. The number of aliphatic carboxylic acids is 1. The second-order valence-corrected chi connectivity index (χ2v) is 7.74. The molecule has 0 bridgehead atoms. The van der Waals surface area contributed by atoms with Crippen LogP contribution in [0.25, 0.3) is 0 Å². The summed E-state index contributed by atoms with van der Waals surface area (Å²) in [6.45, 7) is 2.10. The Morgan fingerprint density at radius 1 is 1.35 bits per heavy atom. The van der Waals surface area contributed by atoms with Crippen LogP contribution in [0.2, 0.25) is 0 Å². The van der Waals surface area contributed by atoms with E-state index in [2.05, 4.69) is 0 Å². The van der Waals surface area contributed by atoms with Gasteiger partial charge in [-0.05, 0) is 19.8 Å². The highest BCUT2D eigenvalue weighted by molar-refractivity contribution is 7.91. The third-order valence-corrected chi connectivity index (χ3v) is 5.51. The number of hydrogen-bond donors (Lipinski definition) is 1. The topological polar surface area (TPSA) is 95.0 Å². The summed E-state index contributed by atoms with van der Waals surface area (Å²) in [6.07, 6.45) is 1.71. The fourth-order valence-electron chi connectivity index (χ4n) is 2.48. The SMILES string of the molecule is CC1CS(=O)(=O)CCN1C(=O)N(CCC(=O)O)C1CC1. The number of carbonyl (C=O) groups is 2. The number of urea groups is 1. The zero-order valence-corrected chi connectivity index (χ0v) is 12.3. The van der Waals surface area contributed by atoms with Gasteiger partial charge in [-0.2, -0.15) is 0 Å². The molecule has 7 nitrogen and oxygen atoms in total. The molecule has 1 aliphatic carbocycles. The van der Waals surface area contributed by atoms with Crippen molar-refractivity contribution in [1.82, 2.24) is 9.80 Å². The van der Waals surface area contributed by atoms with Crippen molar-refractivity contribution in [2.45, 2.75) is 38.3 Å². The number of hydrogen-bond acceptors (Lipinski definition) is 4. The standard InChI is InChI=1S/C12H20N2O5S/c1-9-8-20(18,19)7-6-13(9)12(17)14(10-2-3-10)5-4-11(15)16/h9-10H,2-8H2,1H3,(H,15,16). The van der Waals surface area contributed by atoms with Crippen LogP contribution in [0.15, 0.2) is 0 Å². The average Bonchev–Trinajstić information content (AvgIpc) is 3.11. The van der Waals surface area contributed by atoms with Crippen molar-refractivity contribution in [3.8, 4) is 0 Å². The van der Waals surface area contributed by atoms with Crippen LogP contribution >= 0.6 is 0 Å². The fourth-order valence-corrected chi connectivity index (χ4v) is 4.04. The van der Waals surface area contributed by atoms with Crippen LogP contribution in [-0.2, 0) is 14.6 Å². The fraction of sp³-hybridized carbons (Fsp3) is 0.833. The normalized spacial score (nSPS) is 25.2. The molecule has 1 aliphatic heterocycles. The minimum Gasteiger partial charge on any atom is -0.481 e. The lowest BCUT2D eigenvalue weighted by molar-refractivity contribution is -0.137. The quantitative estimate of drug-likeness (QED) is 0.798. The number of carboxylic acids is 1. The van der Waals surface area contributed by atoms with Crippen LogP contribution in [0.4, 0.5) is 4.79 Å². The summed E-state index contributed by atoms with van der Waals surface area (Å²) in [4.78, 5) is 26.3. The molecule has 1 unspecified atom stereocenters. The molecule has 1 heterocycles. The van der Waals surface area contributed by atoms with E-state index in [1.807, 2.05) is 0 Å².